The van der Waals surface area contributed by atoms with E-state index in [0.717, 1.165) is 32.8 Å². The lowest BCUT2D eigenvalue weighted by molar-refractivity contribution is 0.318. The molecule has 2 N–H and O–H groups in total. The fraction of sp³-hybridized carbons (Fsp3) is 0.385. The second-order valence-electron chi connectivity index (χ2n) is 3.99. The van der Waals surface area contributed by atoms with Crippen LogP contribution in [0.3, 0.4) is 0 Å². The molecule has 0 spiro atoms. The number of rotatable bonds is 7. The van der Waals surface area contributed by atoms with Crippen molar-refractivity contribution in [2.45, 2.75) is 24.2 Å². The van der Waals surface area contributed by atoms with Crippen LogP contribution < -0.4 is 10.5 Å². The van der Waals surface area contributed by atoms with Gasteiger partial charge < -0.3 is 10.5 Å². The number of hydrogen-bond acceptors (Lipinski definition) is 6. The highest BCUT2D eigenvalue weighted by molar-refractivity contribution is 8.01. The van der Waals surface area contributed by atoms with Gasteiger partial charge in [-0.1, -0.05) is 35.2 Å². The number of nitrogens with two attached hydrogens (primary N) is 1. The summed E-state index contributed by atoms with van der Waals surface area (Å²) in [6.45, 7) is 3.25. The number of aryl methyl sites for hydroxylation is 1. The second kappa shape index (κ2) is 7.47. The van der Waals surface area contributed by atoms with E-state index in [1.165, 1.54) is 0 Å². The van der Waals surface area contributed by atoms with Gasteiger partial charge in [0, 0.05) is 12.3 Å². The number of aromatic nitrogens is 2. The Bertz CT molecular complexity index is 499. The average molecular weight is 295 g/mol. The Morgan fingerprint density at radius 3 is 2.68 bits per heavy atom. The van der Waals surface area contributed by atoms with Crippen molar-refractivity contribution in [3.8, 4) is 5.75 Å². The van der Waals surface area contributed by atoms with Gasteiger partial charge in [0.25, 0.3) is 0 Å². The molecule has 0 unspecified atom stereocenters. The number of benzene rings is 1. The molecule has 0 aliphatic heterocycles. The first-order chi connectivity index (χ1) is 9.28. The molecule has 1 aromatic carbocycles. The maximum atomic E-state index is 5.66. The van der Waals surface area contributed by atoms with Crippen LogP contribution in [0.1, 0.15) is 17.0 Å². The summed E-state index contributed by atoms with van der Waals surface area (Å²) in [6, 6.07) is 7.91. The number of thioether (sulfide) groups is 1. The molecule has 4 nitrogen and oxygen atoms in total. The van der Waals surface area contributed by atoms with Gasteiger partial charge in [0.2, 0.25) is 0 Å². The zero-order valence-electron chi connectivity index (χ0n) is 10.8. The predicted molar refractivity (Wildman–Crippen MR) is 79.8 cm³/mol. The Kier molecular flexibility index (Phi) is 5.62. The average Bonchev–Trinajstić information content (AvgIpc) is 2.85. The Labute approximate surface area is 121 Å². The molecular weight excluding hydrogens is 278 g/mol. The van der Waals surface area contributed by atoms with Gasteiger partial charge in [-0.2, -0.15) is 0 Å². The van der Waals surface area contributed by atoms with E-state index < -0.39 is 0 Å². The molecule has 19 heavy (non-hydrogen) atoms. The van der Waals surface area contributed by atoms with Crippen molar-refractivity contribution in [1.82, 2.24) is 10.2 Å². The summed E-state index contributed by atoms with van der Waals surface area (Å²) in [5.74, 6) is 1.89. The van der Waals surface area contributed by atoms with E-state index in [4.69, 9.17) is 10.5 Å². The lowest BCUT2D eigenvalue weighted by Crippen LogP contribution is -2.00. The summed E-state index contributed by atoms with van der Waals surface area (Å²) < 4.78 is 6.69. The molecule has 0 aliphatic carbocycles. The minimum atomic E-state index is 0.568. The fourth-order valence-corrected chi connectivity index (χ4v) is 3.27. The molecule has 0 radical (unpaired) electrons. The van der Waals surface area contributed by atoms with E-state index >= 15 is 0 Å². The third kappa shape index (κ3) is 4.81. The van der Waals surface area contributed by atoms with Crippen molar-refractivity contribution < 1.29 is 4.74 Å². The highest BCUT2D eigenvalue weighted by Gasteiger charge is 2.01. The van der Waals surface area contributed by atoms with Gasteiger partial charge in [-0.15, -0.1) is 10.2 Å². The Morgan fingerprint density at radius 2 is 2.05 bits per heavy atom. The molecule has 6 heteroatoms. The van der Waals surface area contributed by atoms with Gasteiger partial charge >= 0.3 is 0 Å². The SMILES string of the molecule is Cc1nnc(SCCCOc2ccc(CN)cc2)s1. The molecule has 1 aromatic heterocycles. The quantitative estimate of drug-likeness (QED) is 0.628. The molecule has 0 bridgehead atoms. The third-order valence-corrected chi connectivity index (χ3v) is 4.51. The summed E-state index contributed by atoms with van der Waals surface area (Å²) in [5.41, 5.74) is 6.66. The summed E-state index contributed by atoms with van der Waals surface area (Å²) in [7, 11) is 0. The largest absolute Gasteiger partial charge is 0.494 e. The van der Waals surface area contributed by atoms with Crippen molar-refractivity contribution in [3.63, 3.8) is 0 Å². The molecule has 2 rings (SSSR count). The molecule has 0 saturated heterocycles. The highest BCUT2D eigenvalue weighted by atomic mass is 32.2. The maximum absolute atomic E-state index is 5.66. The second-order valence-corrected chi connectivity index (χ2v) is 6.51. The standard InChI is InChI=1S/C13H17N3OS2/c1-10-15-16-13(19-10)18-8-2-7-17-12-5-3-11(9-14)4-6-12/h3-6H,2,7-9,14H2,1H3. The molecule has 0 fully saturated rings. The van der Waals surface area contributed by atoms with Gasteiger partial charge in [-0.05, 0) is 31.0 Å². The van der Waals surface area contributed by atoms with Crippen LogP contribution in [0.2, 0.25) is 0 Å². The summed E-state index contributed by atoms with van der Waals surface area (Å²) in [5, 5.41) is 9.07. The van der Waals surface area contributed by atoms with E-state index in [1.54, 1.807) is 23.1 Å². The van der Waals surface area contributed by atoms with Crippen molar-refractivity contribution in [2.75, 3.05) is 12.4 Å². The van der Waals surface area contributed by atoms with Gasteiger partial charge in [-0.25, -0.2) is 0 Å². The first-order valence-electron chi connectivity index (χ1n) is 6.12. The van der Waals surface area contributed by atoms with Crippen LogP contribution in [0.5, 0.6) is 5.75 Å². The predicted octanol–water partition coefficient (Wildman–Crippen LogP) is 2.87. The molecule has 0 aliphatic rings. The van der Waals surface area contributed by atoms with Crippen molar-refractivity contribution >= 4 is 23.1 Å². The van der Waals surface area contributed by atoms with E-state index in [-0.39, 0.29) is 0 Å². The smallest absolute Gasteiger partial charge is 0.174 e. The van der Waals surface area contributed by atoms with Crippen LogP contribution in [0, 0.1) is 6.92 Å². The molecule has 2 aromatic rings. The molecular formula is C13H17N3OS2. The van der Waals surface area contributed by atoms with E-state index in [0.29, 0.717) is 13.2 Å². The van der Waals surface area contributed by atoms with Crippen LogP contribution in [-0.2, 0) is 6.54 Å². The number of hydrogen-bond donors (Lipinski definition) is 1. The lowest BCUT2D eigenvalue weighted by atomic mass is 10.2. The van der Waals surface area contributed by atoms with E-state index in [9.17, 15) is 0 Å². The number of nitrogens with zero attached hydrogens (tertiary/aromatic N) is 2. The minimum absolute atomic E-state index is 0.568. The van der Waals surface area contributed by atoms with Crippen LogP contribution in [-0.4, -0.2) is 22.6 Å². The fourth-order valence-electron chi connectivity index (χ4n) is 1.47. The molecule has 0 atom stereocenters. The van der Waals surface area contributed by atoms with Crippen LogP contribution in [0.25, 0.3) is 0 Å². The Morgan fingerprint density at radius 1 is 1.26 bits per heavy atom. The van der Waals surface area contributed by atoms with Gasteiger partial charge in [0.05, 0.1) is 6.61 Å². The number of ether oxygens (including phenoxy) is 1. The van der Waals surface area contributed by atoms with E-state index in [2.05, 4.69) is 10.2 Å². The van der Waals surface area contributed by atoms with Gasteiger partial charge in [0.15, 0.2) is 4.34 Å². The molecule has 1 heterocycles. The first-order valence-corrected chi connectivity index (χ1v) is 7.93. The van der Waals surface area contributed by atoms with E-state index in [1.807, 2.05) is 31.2 Å². The Balaban J connectivity index is 1.63. The highest BCUT2D eigenvalue weighted by Crippen LogP contribution is 2.22. The maximum Gasteiger partial charge on any atom is 0.174 e. The van der Waals surface area contributed by atoms with Crippen LogP contribution >= 0.6 is 23.1 Å². The zero-order valence-corrected chi connectivity index (χ0v) is 12.5. The first kappa shape index (κ1) is 14.3. The lowest BCUT2D eigenvalue weighted by Gasteiger charge is -2.06. The summed E-state index contributed by atoms with van der Waals surface area (Å²) in [6.07, 6.45) is 0.988. The van der Waals surface area contributed by atoms with Crippen molar-refractivity contribution in [3.05, 3.63) is 34.8 Å². The third-order valence-electron chi connectivity index (χ3n) is 2.45. The molecule has 0 saturated carbocycles. The van der Waals surface area contributed by atoms with Gasteiger partial charge in [0.1, 0.15) is 10.8 Å². The summed E-state index contributed by atoms with van der Waals surface area (Å²) >= 11 is 3.37. The van der Waals surface area contributed by atoms with Crippen LogP contribution in [0.4, 0.5) is 0 Å². The minimum Gasteiger partial charge on any atom is -0.494 e. The molecule has 102 valence electrons. The zero-order chi connectivity index (χ0) is 13.5. The molecule has 0 amide bonds. The topological polar surface area (TPSA) is 61.0 Å². The van der Waals surface area contributed by atoms with Crippen molar-refractivity contribution in [2.24, 2.45) is 5.73 Å². The Hall–Kier alpha value is -1.11. The monoisotopic (exact) mass is 295 g/mol. The van der Waals surface area contributed by atoms with Crippen molar-refractivity contribution in [1.29, 1.82) is 0 Å². The normalized spacial score (nSPS) is 10.6. The van der Waals surface area contributed by atoms with Gasteiger partial charge in [-0.3, -0.25) is 0 Å². The summed E-state index contributed by atoms with van der Waals surface area (Å²) in [4.78, 5) is 0. The van der Waals surface area contributed by atoms with Crippen LogP contribution in [0.15, 0.2) is 28.6 Å².